The number of carbonyl (C=O) groups is 2. The van der Waals surface area contributed by atoms with E-state index in [0.717, 1.165) is 3.57 Å². The molecule has 0 radical (unpaired) electrons. The first kappa shape index (κ1) is 14.7. The second kappa shape index (κ2) is 5.55. The molecule has 5 nitrogen and oxygen atoms in total. The molecule has 3 N–H and O–H groups in total. The van der Waals surface area contributed by atoms with Crippen LogP contribution in [0.25, 0.3) is 0 Å². The molecule has 0 bridgehead atoms. The van der Waals surface area contributed by atoms with Crippen LogP contribution in [0, 0.1) is 8.99 Å². The molecule has 18 heavy (non-hydrogen) atoms. The molecule has 0 fully saturated rings. The van der Waals surface area contributed by atoms with Crippen molar-refractivity contribution < 1.29 is 19.8 Å². The molecule has 0 aliphatic carbocycles. The number of nitrogens with one attached hydrogen (secondary N) is 1. The van der Waals surface area contributed by atoms with Crippen LogP contribution in [0.2, 0.25) is 0 Å². The zero-order valence-electron chi connectivity index (χ0n) is 10.0. The minimum atomic E-state index is -1.05. The lowest BCUT2D eigenvalue weighted by Gasteiger charge is -2.19. The average Bonchev–Trinajstić information content (AvgIpc) is 2.29. The smallest absolute Gasteiger partial charge is 0.310 e. The highest BCUT2D eigenvalue weighted by Crippen LogP contribution is 2.20. The number of phenols is 1. The molecule has 0 aromatic heterocycles. The minimum absolute atomic E-state index is 0.00786. The molecular formula is C12H14INO4. The number of hydrogen-bond acceptors (Lipinski definition) is 3. The maximum Gasteiger partial charge on any atom is 0.310 e. The van der Waals surface area contributed by atoms with Crippen LogP contribution in [0.4, 0.5) is 0 Å². The third-order valence-electron chi connectivity index (χ3n) is 2.47. The Balaban J connectivity index is 2.78. The van der Waals surface area contributed by atoms with E-state index in [2.05, 4.69) is 5.32 Å². The molecule has 1 rings (SSSR count). The fourth-order valence-electron chi connectivity index (χ4n) is 1.16. The highest BCUT2D eigenvalue weighted by Gasteiger charge is 2.28. The summed E-state index contributed by atoms with van der Waals surface area (Å²) in [5, 5.41) is 21.0. The predicted octanol–water partition coefficient (Wildman–Crippen LogP) is 1.84. The van der Waals surface area contributed by atoms with Gasteiger partial charge in [-0.3, -0.25) is 9.59 Å². The molecule has 0 atom stereocenters. The van der Waals surface area contributed by atoms with E-state index in [4.69, 9.17) is 5.11 Å². The van der Waals surface area contributed by atoms with Gasteiger partial charge in [-0.25, -0.2) is 0 Å². The second-order valence-electron chi connectivity index (χ2n) is 4.53. The van der Waals surface area contributed by atoms with Crippen LogP contribution in [-0.2, 0) is 4.79 Å². The number of carboxylic acid groups (broad SMARTS) is 1. The van der Waals surface area contributed by atoms with E-state index >= 15 is 0 Å². The summed E-state index contributed by atoms with van der Waals surface area (Å²) in [5.41, 5.74) is -0.907. The number of aromatic hydroxyl groups is 1. The molecule has 6 heteroatoms. The maximum atomic E-state index is 11.8. The molecule has 0 unspecified atom stereocenters. The van der Waals surface area contributed by atoms with Crippen molar-refractivity contribution in [1.29, 1.82) is 0 Å². The topological polar surface area (TPSA) is 86.6 Å². The molecule has 0 aliphatic rings. The number of hydrogen-bond donors (Lipinski definition) is 3. The monoisotopic (exact) mass is 363 g/mol. The first-order valence-electron chi connectivity index (χ1n) is 5.24. The van der Waals surface area contributed by atoms with E-state index in [1.807, 2.05) is 22.6 Å². The number of benzene rings is 1. The van der Waals surface area contributed by atoms with E-state index in [0.29, 0.717) is 0 Å². The quantitative estimate of drug-likeness (QED) is 0.713. The molecule has 0 saturated heterocycles. The summed E-state index contributed by atoms with van der Waals surface area (Å²) in [6, 6.07) is 4.64. The van der Waals surface area contributed by atoms with Crippen molar-refractivity contribution in [3.8, 4) is 5.75 Å². The van der Waals surface area contributed by atoms with Crippen molar-refractivity contribution in [3.63, 3.8) is 0 Å². The molecule has 1 aromatic rings. The molecule has 1 aromatic carbocycles. The van der Waals surface area contributed by atoms with Crippen molar-refractivity contribution in [1.82, 2.24) is 5.32 Å². The number of amides is 1. The fraction of sp³-hybridized carbons (Fsp3) is 0.333. The lowest BCUT2D eigenvalue weighted by molar-refractivity contribution is -0.146. The number of phenolic OH excluding ortho intramolecular Hbond substituents is 1. The van der Waals surface area contributed by atoms with Crippen LogP contribution in [-0.4, -0.2) is 28.6 Å². The highest BCUT2D eigenvalue weighted by atomic mass is 127. The van der Waals surface area contributed by atoms with Crippen LogP contribution in [0.15, 0.2) is 18.2 Å². The summed E-state index contributed by atoms with van der Waals surface area (Å²) in [5.74, 6) is -1.60. The van der Waals surface area contributed by atoms with E-state index < -0.39 is 17.3 Å². The van der Waals surface area contributed by atoms with Crippen LogP contribution in [0.5, 0.6) is 5.75 Å². The van der Waals surface area contributed by atoms with Crippen molar-refractivity contribution in [2.75, 3.05) is 6.54 Å². The van der Waals surface area contributed by atoms with Gasteiger partial charge < -0.3 is 15.5 Å². The normalized spacial score (nSPS) is 11.1. The Bertz CT molecular complexity index is 485. The van der Waals surface area contributed by atoms with E-state index in [1.165, 1.54) is 19.9 Å². The summed E-state index contributed by atoms with van der Waals surface area (Å²) in [6.07, 6.45) is 0. The van der Waals surface area contributed by atoms with Gasteiger partial charge in [0.05, 0.1) is 11.0 Å². The van der Waals surface area contributed by atoms with Crippen LogP contribution in [0.3, 0.4) is 0 Å². The van der Waals surface area contributed by atoms with Gasteiger partial charge >= 0.3 is 5.97 Å². The second-order valence-corrected chi connectivity index (χ2v) is 5.78. The first-order valence-corrected chi connectivity index (χ1v) is 6.32. The van der Waals surface area contributed by atoms with Gasteiger partial charge in [0.25, 0.3) is 5.91 Å². The van der Waals surface area contributed by atoms with Crippen LogP contribution in [0.1, 0.15) is 24.2 Å². The van der Waals surface area contributed by atoms with Crippen molar-refractivity contribution in [2.24, 2.45) is 5.41 Å². The third-order valence-corrected chi connectivity index (χ3v) is 3.14. The number of rotatable bonds is 4. The standard InChI is InChI=1S/C12H14INO4/c1-12(2,11(17)18)6-14-10(16)8-5-7(13)3-4-9(8)15/h3-5,15H,6H2,1-2H3,(H,14,16)(H,17,18). The number of carbonyl (C=O) groups excluding carboxylic acids is 1. The van der Waals surface area contributed by atoms with Gasteiger partial charge in [0.1, 0.15) is 5.75 Å². The van der Waals surface area contributed by atoms with Crippen molar-refractivity contribution in [3.05, 3.63) is 27.3 Å². The average molecular weight is 363 g/mol. The van der Waals surface area contributed by atoms with Crippen molar-refractivity contribution >= 4 is 34.5 Å². The minimum Gasteiger partial charge on any atom is -0.507 e. The lowest BCUT2D eigenvalue weighted by atomic mass is 9.94. The zero-order valence-corrected chi connectivity index (χ0v) is 12.2. The fourth-order valence-corrected chi connectivity index (χ4v) is 1.65. The predicted molar refractivity (Wildman–Crippen MR) is 74.6 cm³/mol. The molecule has 0 aliphatic heterocycles. The lowest BCUT2D eigenvalue weighted by Crippen LogP contribution is -2.38. The summed E-state index contributed by atoms with van der Waals surface area (Å²) in [7, 11) is 0. The maximum absolute atomic E-state index is 11.8. The van der Waals surface area contributed by atoms with Gasteiger partial charge in [0.2, 0.25) is 0 Å². The largest absolute Gasteiger partial charge is 0.507 e. The number of aliphatic carboxylic acids is 1. The van der Waals surface area contributed by atoms with E-state index in [-0.39, 0.29) is 17.9 Å². The Morgan fingerprint density at radius 3 is 2.56 bits per heavy atom. The van der Waals surface area contributed by atoms with Gasteiger partial charge in [-0.2, -0.15) is 0 Å². The third kappa shape index (κ3) is 3.59. The summed E-state index contributed by atoms with van der Waals surface area (Å²) >= 11 is 2.03. The Hall–Kier alpha value is -1.31. The Morgan fingerprint density at radius 1 is 1.39 bits per heavy atom. The van der Waals surface area contributed by atoms with Crippen molar-refractivity contribution in [2.45, 2.75) is 13.8 Å². The summed E-state index contributed by atoms with van der Waals surface area (Å²) in [6.45, 7) is 3.03. The molecule has 0 heterocycles. The van der Waals surface area contributed by atoms with Gasteiger partial charge in [0, 0.05) is 10.1 Å². The van der Waals surface area contributed by atoms with Crippen LogP contribution >= 0.6 is 22.6 Å². The summed E-state index contributed by atoms with van der Waals surface area (Å²) < 4.78 is 0.813. The van der Waals surface area contributed by atoms with Gasteiger partial charge in [-0.15, -0.1) is 0 Å². The Morgan fingerprint density at radius 2 is 2.00 bits per heavy atom. The Labute approximate surface area is 118 Å². The zero-order chi connectivity index (χ0) is 13.9. The molecule has 98 valence electrons. The Kier molecular flexibility index (Phi) is 4.55. The molecular weight excluding hydrogens is 349 g/mol. The molecule has 0 spiro atoms. The number of halogens is 1. The van der Waals surface area contributed by atoms with Gasteiger partial charge in [-0.05, 0) is 54.6 Å². The molecule has 1 amide bonds. The summed E-state index contributed by atoms with van der Waals surface area (Å²) in [4.78, 5) is 22.7. The van der Waals surface area contributed by atoms with Crippen LogP contribution < -0.4 is 5.32 Å². The molecule has 0 saturated carbocycles. The SMILES string of the molecule is CC(C)(CNC(=O)c1cc(I)ccc1O)C(=O)O. The van der Waals surface area contributed by atoms with E-state index in [1.54, 1.807) is 12.1 Å². The van der Waals surface area contributed by atoms with Gasteiger partial charge in [-0.1, -0.05) is 0 Å². The van der Waals surface area contributed by atoms with Gasteiger partial charge in [0.15, 0.2) is 0 Å². The highest BCUT2D eigenvalue weighted by molar-refractivity contribution is 14.1. The van der Waals surface area contributed by atoms with E-state index in [9.17, 15) is 14.7 Å². The number of carboxylic acids is 1. The first-order chi connectivity index (χ1) is 8.24.